The molecule has 7 nitrogen and oxygen atoms in total. The second kappa shape index (κ2) is 8.19. The van der Waals surface area contributed by atoms with Gasteiger partial charge < -0.3 is 20.6 Å². The van der Waals surface area contributed by atoms with Gasteiger partial charge in [0.15, 0.2) is 0 Å². The van der Waals surface area contributed by atoms with Crippen LogP contribution in [-0.2, 0) is 14.4 Å². The van der Waals surface area contributed by atoms with Gasteiger partial charge in [-0.1, -0.05) is 27.7 Å². The number of aliphatic hydroxyl groups excluding tert-OH is 1. The number of thioether (sulfide) groups is 1. The summed E-state index contributed by atoms with van der Waals surface area (Å²) in [5, 5.41) is 16.1. The minimum absolute atomic E-state index is 0.0260. The molecule has 3 rings (SSSR count). The van der Waals surface area contributed by atoms with Gasteiger partial charge in [0.2, 0.25) is 17.7 Å². The number of rotatable bonds is 7. The highest BCUT2D eigenvalue weighted by Gasteiger charge is 2.77. The summed E-state index contributed by atoms with van der Waals surface area (Å²) >= 11 is 1.66. The zero-order chi connectivity index (χ0) is 24.3. The molecule has 2 unspecified atom stereocenters. The number of fused-ring (bicyclic) bond motifs is 1. The summed E-state index contributed by atoms with van der Waals surface area (Å²) in [5.74, 6) is -1.49. The Bertz CT molecular complexity index is 791. The van der Waals surface area contributed by atoms with Gasteiger partial charge in [0.1, 0.15) is 6.04 Å². The Kier molecular flexibility index (Phi) is 6.48. The van der Waals surface area contributed by atoms with Crippen molar-refractivity contribution in [3.05, 3.63) is 0 Å². The molecule has 1 spiro atoms. The van der Waals surface area contributed by atoms with E-state index in [0.717, 1.165) is 12.8 Å². The molecule has 0 aliphatic carbocycles. The molecule has 3 aliphatic heterocycles. The molecule has 3 amide bonds. The van der Waals surface area contributed by atoms with Crippen molar-refractivity contribution in [1.29, 1.82) is 0 Å². The molecular formula is C24H41N3O4S. The average molecular weight is 468 g/mol. The van der Waals surface area contributed by atoms with Crippen LogP contribution in [0.3, 0.4) is 0 Å². The maximum absolute atomic E-state index is 13.9. The highest BCUT2D eigenvalue weighted by molar-refractivity contribution is 8.02. The van der Waals surface area contributed by atoms with E-state index in [4.69, 9.17) is 0 Å². The van der Waals surface area contributed by atoms with Crippen molar-refractivity contribution in [2.45, 2.75) is 101 Å². The van der Waals surface area contributed by atoms with Gasteiger partial charge in [-0.25, -0.2) is 0 Å². The van der Waals surface area contributed by atoms with Crippen molar-refractivity contribution in [2.75, 3.05) is 13.7 Å². The third kappa shape index (κ3) is 3.95. The standard InChI is InChI=1S/C24H41N3O4S/c1-9-14(12-28)27-17(19(30)26-22(5,6)13-21(2,3)4)24-11-10-23(7,32-24)15(18(29)25-8)16(24)20(27)31/h14-17,28H,9-13H2,1-8H3,(H,25,29)(H,26,30)/t14-,15+,16-,17?,23-,24?/m0/s1. The van der Waals surface area contributed by atoms with Crippen LogP contribution in [0, 0.1) is 17.3 Å². The average Bonchev–Trinajstić information content (AvgIpc) is 3.21. The zero-order valence-electron chi connectivity index (χ0n) is 20.9. The zero-order valence-corrected chi connectivity index (χ0v) is 21.7. The van der Waals surface area contributed by atoms with Crippen LogP contribution < -0.4 is 10.6 Å². The number of amides is 3. The van der Waals surface area contributed by atoms with Gasteiger partial charge in [0.25, 0.3) is 0 Å². The van der Waals surface area contributed by atoms with Gasteiger partial charge in [-0.15, -0.1) is 11.8 Å². The molecule has 3 N–H and O–H groups in total. The monoisotopic (exact) mass is 467 g/mol. The highest BCUT2D eigenvalue weighted by Crippen LogP contribution is 2.71. The number of hydrogen-bond acceptors (Lipinski definition) is 5. The largest absolute Gasteiger partial charge is 0.394 e. The summed E-state index contributed by atoms with van der Waals surface area (Å²) in [6, 6.07) is -1.14. The first-order chi connectivity index (χ1) is 14.7. The summed E-state index contributed by atoms with van der Waals surface area (Å²) in [5.41, 5.74) is -0.427. The first-order valence-corrected chi connectivity index (χ1v) is 12.6. The lowest BCUT2D eigenvalue weighted by Gasteiger charge is -2.40. The molecule has 3 saturated heterocycles. The first kappa shape index (κ1) is 25.3. The fourth-order valence-electron chi connectivity index (χ4n) is 6.80. The van der Waals surface area contributed by atoms with Crippen LogP contribution in [-0.4, -0.2) is 68.5 Å². The van der Waals surface area contributed by atoms with E-state index in [1.165, 1.54) is 0 Å². The molecule has 8 heteroatoms. The minimum Gasteiger partial charge on any atom is -0.394 e. The topological polar surface area (TPSA) is 98.7 Å². The number of nitrogens with one attached hydrogen (secondary N) is 2. The molecule has 0 saturated carbocycles. The Hall–Kier alpha value is -1.28. The lowest BCUT2D eigenvalue weighted by atomic mass is 9.66. The van der Waals surface area contributed by atoms with Crippen molar-refractivity contribution in [3.63, 3.8) is 0 Å². The Morgan fingerprint density at radius 3 is 2.34 bits per heavy atom. The van der Waals surface area contributed by atoms with Crippen molar-refractivity contribution < 1.29 is 19.5 Å². The van der Waals surface area contributed by atoms with E-state index >= 15 is 0 Å². The fraction of sp³-hybridized carbons (Fsp3) is 0.875. The summed E-state index contributed by atoms with van der Waals surface area (Å²) in [7, 11) is 1.61. The van der Waals surface area contributed by atoms with Crippen molar-refractivity contribution in [3.8, 4) is 0 Å². The maximum Gasteiger partial charge on any atom is 0.244 e. The van der Waals surface area contributed by atoms with Crippen molar-refractivity contribution >= 4 is 29.5 Å². The van der Waals surface area contributed by atoms with Crippen LogP contribution in [0.15, 0.2) is 0 Å². The number of nitrogens with zero attached hydrogens (tertiary/aromatic N) is 1. The summed E-state index contributed by atoms with van der Waals surface area (Å²) in [6.45, 7) is 14.2. The Balaban J connectivity index is 2.05. The SMILES string of the molecule is CC[C@@H](CO)N1C(=O)[C@@H]2[C@H](C(=O)NC)[C@]3(C)CCC2(S3)C1C(=O)NC(C)(C)CC(C)(C)C. The fourth-order valence-corrected chi connectivity index (χ4v) is 9.14. The molecule has 0 aromatic carbocycles. The second-order valence-corrected chi connectivity index (χ2v) is 13.8. The van der Waals surface area contributed by atoms with E-state index in [-0.39, 0.29) is 34.5 Å². The number of carbonyl (C=O) groups excluding carboxylic acids is 3. The van der Waals surface area contributed by atoms with Gasteiger partial charge >= 0.3 is 0 Å². The van der Waals surface area contributed by atoms with Crippen molar-refractivity contribution in [2.24, 2.45) is 17.3 Å². The number of carbonyl (C=O) groups is 3. The molecular weight excluding hydrogens is 426 g/mol. The minimum atomic E-state index is -0.696. The molecule has 182 valence electrons. The molecule has 2 bridgehead atoms. The number of hydrogen-bond donors (Lipinski definition) is 3. The predicted molar refractivity (Wildman–Crippen MR) is 127 cm³/mol. The van der Waals surface area contributed by atoms with E-state index in [2.05, 4.69) is 38.3 Å². The lowest BCUT2D eigenvalue weighted by Crippen LogP contribution is -2.60. The molecule has 3 fully saturated rings. The normalized spacial score (nSPS) is 35.1. The van der Waals surface area contributed by atoms with Crippen LogP contribution in [0.4, 0.5) is 0 Å². The quantitative estimate of drug-likeness (QED) is 0.534. The van der Waals surface area contributed by atoms with Crippen molar-refractivity contribution in [1.82, 2.24) is 15.5 Å². The summed E-state index contributed by atoms with van der Waals surface area (Å²) in [6.07, 6.45) is 2.84. The second-order valence-electron chi connectivity index (χ2n) is 11.9. The number of aliphatic hydroxyl groups is 1. The predicted octanol–water partition coefficient (Wildman–Crippen LogP) is 2.32. The van der Waals surface area contributed by atoms with Crippen LogP contribution in [0.5, 0.6) is 0 Å². The first-order valence-electron chi connectivity index (χ1n) is 11.8. The molecule has 32 heavy (non-hydrogen) atoms. The van der Waals surface area contributed by atoms with Gasteiger partial charge in [-0.2, -0.15) is 0 Å². The Morgan fingerprint density at radius 2 is 1.84 bits per heavy atom. The highest BCUT2D eigenvalue weighted by atomic mass is 32.2. The summed E-state index contributed by atoms with van der Waals surface area (Å²) < 4.78 is -1.01. The molecule has 0 aromatic heterocycles. The lowest BCUT2D eigenvalue weighted by molar-refractivity contribution is -0.143. The Labute approximate surface area is 196 Å². The maximum atomic E-state index is 13.9. The summed E-state index contributed by atoms with van der Waals surface area (Å²) in [4.78, 5) is 42.3. The van der Waals surface area contributed by atoms with Gasteiger partial charge in [-0.3, -0.25) is 14.4 Å². The van der Waals surface area contributed by atoms with Crippen LogP contribution >= 0.6 is 11.8 Å². The van der Waals surface area contributed by atoms with Gasteiger partial charge in [-0.05, 0) is 51.9 Å². The van der Waals surface area contributed by atoms with Crippen LogP contribution in [0.1, 0.15) is 74.1 Å². The van der Waals surface area contributed by atoms with E-state index in [1.54, 1.807) is 23.7 Å². The van der Waals surface area contributed by atoms with E-state index in [1.807, 2.05) is 20.8 Å². The molecule has 3 heterocycles. The molecule has 3 aliphatic rings. The third-order valence-corrected chi connectivity index (χ3v) is 9.49. The third-order valence-electron chi connectivity index (χ3n) is 7.50. The van der Waals surface area contributed by atoms with E-state index in [0.29, 0.717) is 12.8 Å². The Morgan fingerprint density at radius 1 is 1.22 bits per heavy atom. The van der Waals surface area contributed by atoms with E-state index in [9.17, 15) is 19.5 Å². The molecule has 0 aromatic rings. The van der Waals surface area contributed by atoms with E-state index < -0.39 is 34.2 Å². The van der Waals surface area contributed by atoms with Gasteiger partial charge in [0.05, 0.1) is 29.2 Å². The smallest absolute Gasteiger partial charge is 0.244 e. The number of likely N-dealkylation sites (tertiary alicyclic amines) is 1. The van der Waals surface area contributed by atoms with Crippen LogP contribution in [0.2, 0.25) is 0 Å². The molecule has 6 atom stereocenters. The molecule has 0 radical (unpaired) electrons. The van der Waals surface area contributed by atoms with Gasteiger partial charge in [0, 0.05) is 17.3 Å². The van der Waals surface area contributed by atoms with Crippen LogP contribution in [0.25, 0.3) is 0 Å².